The Morgan fingerprint density at radius 3 is 2.50 bits per heavy atom. The Morgan fingerprint density at radius 1 is 1.00 bits per heavy atom. The van der Waals surface area contributed by atoms with Gasteiger partial charge in [0.2, 0.25) is 12.7 Å². The van der Waals surface area contributed by atoms with Gasteiger partial charge in [-0.2, -0.15) is 0 Å². The predicted molar refractivity (Wildman–Crippen MR) is 124 cm³/mol. The third-order valence-electron chi connectivity index (χ3n) is 5.37. The zero-order valence-corrected chi connectivity index (χ0v) is 18.2. The summed E-state index contributed by atoms with van der Waals surface area (Å²) < 4.78 is 10.8. The van der Waals surface area contributed by atoms with Gasteiger partial charge in [0.05, 0.1) is 12.1 Å². The molecule has 3 aromatic rings. The number of aromatic nitrogens is 1. The summed E-state index contributed by atoms with van der Waals surface area (Å²) in [5, 5.41) is 5.80. The fourth-order valence-electron chi connectivity index (χ4n) is 3.82. The van der Waals surface area contributed by atoms with Crippen LogP contribution >= 0.6 is 0 Å². The monoisotopic (exact) mass is 456 g/mol. The van der Waals surface area contributed by atoms with E-state index in [-0.39, 0.29) is 30.5 Å². The van der Waals surface area contributed by atoms with E-state index in [1.54, 1.807) is 67.0 Å². The lowest BCUT2D eigenvalue weighted by molar-refractivity contribution is -0.137. The van der Waals surface area contributed by atoms with E-state index >= 15 is 0 Å². The van der Waals surface area contributed by atoms with Crippen molar-refractivity contribution in [2.24, 2.45) is 0 Å². The highest BCUT2D eigenvalue weighted by atomic mass is 16.7. The van der Waals surface area contributed by atoms with Gasteiger partial charge in [0.1, 0.15) is 5.70 Å². The first-order valence-corrected chi connectivity index (χ1v) is 10.5. The van der Waals surface area contributed by atoms with E-state index in [9.17, 15) is 14.4 Å². The highest BCUT2D eigenvalue weighted by Crippen LogP contribution is 2.37. The fraction of sp³-hybridized carbons (Fsp3) is 0.120. The standard InChI is InChI=1S/C25H20N4O5/c1-15(30)27-18-6-4-17(5-7-18)22-23(28-19-8-9-20-21(11-19)34-14-33-20)25(32)29(24(22)31)13-16-3-2-10-26-12-16/h2-12,28H,13-14H2,1H3,(H,27,30). The number of anilines is 2. The van der Waals surface area contributed by atoms with Crippen molar-refractivity contribution in [3.8, 4) is 11.5 Å². The Hall–Kier alpha value is -4.66. The molecule has 2 N–H and O–H groups in total. The summed E-state index contributed by atoms with van der Waals surface area (Å²) in [7, 11) is 0. The van der Waals surface area contributed by atoms with Gasteiger partial charge in [0.15, 0.2) is 11.5 Å². The first-order chi connectivity index (χ1) is 16.5. The molecule has 9 nitrogen and oxygen atoms in total. The molecule has 9 heteroatoms. The maximum atomic E-state index is 13.4. The SMILES string of the molecule is CC(=O)Nc1ccc(C2=C(Nc3ccc4c(c3)OCO4)C(=O)N(Cc3cccnc3)C2=O)cc1. The number of carbonyl (C=O) groups excluding carboxylic acids is 3. The molecule has 2 aromatic carbocycles. The maximum absolute atomic E-state index is 13.4. The predicted octanol–water partition coefficient (Wildman–Crippen LogP) is 3.16. The molecule has 34 heavy (non-hydrogen) atoms. The molecule has 0 radical (unpaired) electrons. The van der Waals surface area contributed by atoms with Gasteiger partial charge in [-0.25, -0.2) is 0 Å². The van der Waals surface area contributed by atoms with Crippen LogP contribution in [0.5, 0.6) is 11.5 Å². The van der Waals surface area contributed by atoms with E-state index in [1.165, 1.54) is 11.8 Å². The maximum Gasteiger partial charge on any atom is 0.278 e. The largest absolute Gasteiger partial charge is 0.454 e. The number of rotatable bonds is 6. The number of imide groups is 1. The Balaban J connectivity index is 1.51. The van der Waals surface area contributed by atoms with Crippen molar-refractivity contribution in [2.45, 2.75) is 13.5 Å². The number of nitrogens with one attached hydrogen (secondary N) is 2. The molecule has 2 aliphatic heterocycles. The summed E-state index contributed by atoms with van der Waals surface area (Å²) >= 11 is 0. The van der Waals surface area contributed by atoms with Gasteiger partial charge in [-0.1, -0.05) is 18.2 Å². The number of nitrogens with zero attached hydrogens (tertiary/aromatic N) is 2. The van der Waals surface area contributed by atoms with Crippen molar-refractivity contribution in [3.05, 3.63) is 83.8 Å². The zero-order valence-electron chi connectivity index (χ0n) is 18.2. The van der Waals surface area contributed by atoms with E-state index in [0.29, 0.717) is 28.4 Å². The molecule has 3 amide bonds. The Morgan fingerprint density at radius 2 is 1.76 bits per heavy atom. The average Bonchev–Trinajstić information content (AvgIpc) is 3.38. The van der Waals surface area contributed by atoms with Gasteiger partial charge in [0.25, 0.3) is 11.8 Å². The summed E-state index contributed by atoms with van der Waals surface area (Å²) in [4.78, 5) is 43.4. The molecule has 0 atom stereocenters. The van der Waals surface area contributed by atoms with Gasteiger partial charge in [0, 0.05) is 36.8 Å². The third-order valence-corrected chi connectivity index (χ3v) is 5.37. The Kier molecular flexibility index (Phi) is 5.43. The average molecular weight is 456 g/mol. The number of hydrogen-bond donors (Lipinski definition) is 2. The molecular weight excluding hydrogens is 436 g/mol. The van der Waals surface area contributed by atoms with Gasteiger partial charge in [-0.3, -0.25) is 24.3 Å². The molecule has 1 aromatic heterocycles. The topological polar surface area (TPSA) is 110 Å². The molecule has 170 valence electrons. The summed E-state index contributed by atoms with van der Waals surface area (Å²) in [6, 6.07) is 15.5. The molecule has 0 saturated heterocycles. The molecule has 5 rings (SSSR count). The van der Waals surface area contributed by atoms with Crippen LogP contribution in [0.4, 0.5) is 11.4 Å². The van der Waals surface area contributed by atoms with Crippen molar-refractivity contribution < 1.29 is 23.9 Å². The second-order valence-corrected chi connectivity index (χ2v) is 7.76. The van der Waals surface area contributed by atoms with Crippen LogP contribution in [0.3, 0.4) is 0 Å². The van der Waals surface area contributed by atoms with Crippen molar-refractivity contribution in [1.82, 2.24) is 9.88 Å². The Bertz CT molecular complexity index is 1320. The van der Waals surface area contributed by atoms with Gasteiger partial charge < -0.3 is 20.1 Å². The lowest BCUT2D eigenvalue weighted by Gasteiger charge is -2.15. The second kappa shape index (κ2) is 8.70. The van der Waals surface area contributed by atoms with Gasteiger partial charge in [-0.15, -0.1) is 0 Å². The van der Waals surface area contributed by atoms with Gasteiger partial charge >= 0.3 is 0 Å². The fourth-order valence-corrected chi connectivity index (χ4v) is 3.82. The zero-order chi connectivity index (χ0) is 23.7. The quantitative estimate of drug-likeness (QED) is 0.548. The minimum Gasteiger partial charge on any atom is -0.454 e. The first kappa shape index (κ1) is 21.2. The lowest BCUT2D eigenvalue weighted by Crippen LogP contribution is -2.32. The van der Waals surface area contributed by atoms with Crippen LogP contribution in [0.25, 0.3) is 5.57 Å². The lowest BCUT2D eigenvalue weighted by atomic mass is 10.0. The number of fused-ring (bicyclic) bond motifs is 1. The molecule has 0 unspecified atom stereocenters. The van der Waals surface area contributed by atoms with Crippen LogP contribution in [0.2, 0.25) is 0 Å². The molecule has 0 aliphatic carbocycles. The van der Waals surface area contributed by atoms with Crippen LogP contribution < -0.4 is 20.1 Å². The number of amides is 3. The van der Waals surface area contributed by atoms with Crippen molar-refractivity contribution in [1.29, 1.82) is 0 Å². The number of benzene rings is 2. The number of hydrogen-bond acceptors (Lipinski definition) is 7. The molecule has 3 heterocycles. The summed E-state index contributed by atoms with van der Waals surface area (Å²) in [6.45, 7) is 1.63. The number of pyridine rings is 1. The van der Waals surface area contributed by atoms with E-state index in [4.69, 9.17) is 9.47 Å². The van der Waals surface area contributed by atoms with Crippen molar-refractivity contribution in [2.75, 3.05) is 17.4 Å². The van der Waals surface area contributed by atoms with E-state index in [2.05, 4.69) is 15.6 Å². The third kappa shape index (κ3) is 4.06. The molecule has 0 bridgehead atoms. The van der Waals surface area contributed by atoms with Crippen LogP contribution in [0.1, 0.15) is 18.1 Å². The van der Waals surface area contributed by atoms with Crippen molar-refractivity contribution >= 4 is 34.7 Å². The van der Waals surface area contributed by atoms with E-state index in [1.807, 2.05) is 0 Å². The van der Waals surface area contributed by atoms with Crippen LogP contribution in [-0.2, 0) is 20.9 Å². The summed E-state index contributed by atoms with van der Waals surface area (Å²) in [6.07, 6.45) is 3.25. The minimum absolute atomic E-state index is 0.0886. The second-order valence-electron chi connectivity index (χ2n) is 7.76. The summed E-state index contributed by atoms with van der Waals surface area (Å²) in [5.74, 6) is 0.0832. The molecular formula is C25H20N4O5. The molecule has 2 aliphatic rings. The smallest absolute Gasteiger partial charge is 0.278 e. The van der Waals surface area contributed by atoms with Crippen LogP contribution in [0, 0.1) is 0 Å². The number of carbonyl (C=O) groups is 3. The van der Waals surface area contributed by atoms with Crippen LogP contribution in [-0.4, -0.2) is 34.4 Å². The van der Waals surface area contributed by atoms with Gasteiger partial charge in [-0.05, 0) is 41.5 Å². The van der Waals surface area contributed by atoms with E-state index in [0.717, 1.165) is 5.56 Å². The normalized spacial score (nSPS) is 14.6. The molecule has 0 saturated carbocycles. The Labute approximate surface area is 195 Å². The highest BCUT2D eigenvalue weighted by molar-refractivity contribution is 6.36. The summed E-state index contributed by atoms with van der Waals surface area (Å²) in [5.41, 5.74) is 2.83. The number of ether oxygens (including phenoxy) is 2. The molecule has 0 fully saturated rings. The molecule has 0 spiro atoms. The van der Waals surface area contributed by atoms with E-state index < -0.39 is 11.8 Å². The highest BCUT2D eigenvalue weighted by Gasteiger charge is 2.39. The minimum atomic E-state index is -0.451. The first-order valence-electron chi connectivity index (χ1n) is 10.5. The van der Waals surface area contributed by atoms with Crippen molar-refractivity contribution in [3.63, 3.8) is 0 Å². The van der Waals surface area contributed by atoms with Crippen LogP contribution in [0.15, 0.2) is 72.7 Å².